The van der Waals surface area contributed by atoms with Crippen molar-refractivity contribution in [3.8, 4) is 11.5 Å². The molecule has 2 aromatic carbocycles. The second-order valence-electron chi connectivity index (χ2n) is 7.73. The number of benzene rings is 2. The highest BCUT2D eigenvalue weighted by molar-refractivity contribution is 6.14. The summed E-state index contributed by atoms with van der Waals surface area (Å²) in [6.45, 7) is 4.26. The van der Waals surface area contributed by atoms with Crippen molar-refractivity contribution in [3.63, 3.8) is 0 Å². The molecule has 1 aliphatic rings. The summed E-state index contributed by atoms with van der Waals surface area (Å²) in [5, 5.41) is 0. The van der Waals surface area contributed by atoms with Gasteiger partial charge in [-0.05, 0) is 68.4 Å². The molecule has 1 saturated heterocycles. The zero-order chi connectivity index (χ0) is 24.2. The first-order chi connectivity index (χ1) is 16.4. The molecule has 34 heavy (non-hydrogen) atoms. The van der Waals surface area contributed by atoms with Crippen molar-refractivity contribution >= 4 is 23.7 Å². The highest BCUT2D eigenvalue weighted by atomic mass is 16.5. The number of aromatic nitrogens is 2. The maximum atomic E-state index is 13.4. The predicted octanol–water partition coefficient (Wildman–Crippen LogP) is 3.40. The van der Waals surface area contributed by atoms with Gasteiger partial charge in [-0.25, -0.2) is 9.97 Å². The van der Waals surface area contributed by atoms with Gasteiger partial charge in [-0.1, -0.05) is 0 Å². The van der Waals surface area contributed by atoms with Gasteiger partial charge in [-0.2, -0.15) is 4.99 Å². The second kappa shape index (κ2) is 9.70. The molecule has 0 N–H and O–H groups in total. The van der Waals surface area contributed by atoms with Crippen LogP contribution in [0.15, 0.2) is 59.6 Å². The van der Waals surface area contributed by atoms with Crippen LogP contribution in [-0.4, -0.2) is 64.9 Å². The number of guanidine groups is 1. The highest BCUT2D eigenvalue weighted by Gasteiger charge is 2.36. The summed E-state index contributed by atoms with van der Waals surface area (Å²) < 4.78 is 10.4. The lowest BCUT2D eigenvalue weighted by Gasteiger charge is -2.21. The van der Waals surface area contributed by atoms with Crippen molar-refractivity contribution in [3.05, 3.63) is 77.1 Å². The Kier molecular flexibility index (Phi) is 6.53. The first-order valence-electron chi connectivity index (χ1n) is 10.7. The third kappa shape index (κ3) is 4.73. The van der Waals surface area contributed by atoms with Crippen molar-refractivity contribution in [2.45, 2.75) is 13.8 Å². The average molecular weight is 460 g/mol. The van der Waals surface area contributed by atoms with Gasteiger partial charge in [0.25, 0.3) is 17.8 Å². The van der Waals surface area contributed by atoms with Crippen LogP contribution in [0.2, 0.25) is 0 Å². The molecule has 1 fully saturated rings. The van der Waals surface area contributed by atoms with Crippen LogP contribution in [-0.2, 0) is 0 Å². The maximum absolute atomic E-state index is 13.4. The van der Waals surface area contributed by atoms with Gasteiger partial charge in [0.2, 0.25) is 5.96 Å². The fourth-order valence-corrected chi connectivity index (χ4v) is 3.68. The summed E-state index contributed by atoms with van der Waals surface area (Å²) in [6, 6.07) is 15.4. The van der Waals surface area contributed by atoms with Crippen LogP contribution in [0.4, 0.5) is 5.95 Å². The maximum Gasteiger partial charge on any atom is 0.260 e. The van der Waals surface area contributed by atoms with E-state index in [0.29, 0.717) is 22.6 Å². The van der Waals surface area contributed by atoms with Crippen LogP contribution >= 0.6 is 0 Å². The molecule has 9 nitrogen and oxygen atoms in total. The van der Waals surface area contributed by atoms with Gasteiger partial charge >= 0.3 is 0 Å². The van der Waals surface area contributed by atoms with Crippen molar-refractivity contribution in [2.24, 2.45) is 4.99 Å². The zero-order valence-corrected chi connectivity index (χ0v) is 19.5. The predicted molar refractivity (Wildman–Crippen MR) is 127 cm³/mol. The monoisotopic (exact) mass is 459 g/mol. The number of rotatable bonds is 5. The molecule has 2 heterocycles. The Balaban J connectivity index is 1.72. The minimum Gasteiger partial charge on any atom is -0.497 e. The van der Waals surface area contributed by atoms with Gasteiger partial charge in [0, 0.05) is 35.6 Å². The molecule has 174 valence electrons. The molecule has 4 rings (SSSR count). The largest absolute Gasteiger partial charge is 0.497 e. The second-order valence-corrected chi connectivity index (χ2v) is 7.73. The molecule has 0 aliphatic carbocycles. The molecule has 0 saturated carbocycles. The Labute approximate surface area is 197 Å². The van der Waals surface area contributed by atoms with Crippen molar-refractivity contribution < 1.29 is 19.1 Å². The Morgan fingerprint density at radius 3 is 1.56 bits per heavy atom. The van der Waals surface area contributed by atoms with Crippen molar-refractivity contribution in [1.29, 1.82) is 0 Å². The van der Waals surface area contributed by atoms with Gasteiger partial charge in [0.15, 0.2) is 0 Å². The third-order valence-corrected chi connectivity index (χ3v) is 5.36. The number of carbonyl (C=O) groups is 2. The smallest absolute Gasteiger partial charge is 0.260 e. The number of nitrogens with zero attached hydrogens (tertiary/aromatic N) is 5. The van der Waals surface area contributed by atoms with E-state index in [9.17, 15) is 9.59 Å². The lowest BCUT2D eigenvalue weighted by atomic mass is 10.2. The Bertz CT molecular complexity index is 1150. The molecule has 0 bridgehead atoms. The minimum absolute atomic E-state index is 0.187. The fraction of sp³-hybridized carbons (Fsp3) is 0.240. The van der Waals surface area contributed by atoms with Crippen LogP contribution in [0.1, 0.15) is 32.1 Å². The zero-order valence-electron chi connectivity index (χ0n) is 19.5. The fourth-order valence-electron chi connectivity index (χ4n) is 3.68. The summed E-state index contributed by atoms with van der Waals surface area (Å²) in [5.74, 6) is 1.10. The third-order valence-electron chi connectivity index (χ3n) is 5.36. The lowest BCUT2D eigenvalue weighted by Crippen LogP contribution is -2.40. The van der Waals surface area contributed by atoms with Gasteiger partial charge in [-0.15, -0.1) is 0 Å². The molecular formula is C25H25N5O4. The van der Waals surface area contributed by atoms with E-state index in [0.717, 1.165) is 11.4 Å². The molecule has 0 atom stereocenters. The minimum atomic E-state index is -0.282. The molecule has 2 amide bonds. The van der Waals surface area contributed by atoms with Crippen LogP contribution in [0, 0.1) is 13.8 Å². The number of aliphatic imine (C=N–C) groups is 1. The Hall–Kier alpha value is -4.27. The Morgan fingerprint density at radius 2 is 1.18 bits per heavy atom. The van der Waals surface area contributed by atoms with Crippen LogP contribution < -0.4 is 9.47 Å². The van der Waals surface area contributed by atoms with E-state index < -0.39 is 0 Å². The van der Waals surface area contributed by atoms with E-state index in [2.05, 4.69) is 15.0 Å². The molecule has 0 spiro atoms. The summed E-state index contributed by atoms with van der Waals surface area (Å²) in [5.41, 5.74) is 2.39. The SMILES string of the molecule is COc1ccc(C(=O)N2CCN(C(=O)c3ccc(OC)cc3)C2=Nc2nc(C)cc(C)n2)cc1. The number of methoxy groups -OCH3 is 2. The van der Waals surface area contributed by atoms with Gasteiger partial charge < -0.3 is 9.47 Å². The van der Waals surface area contributed by atoms with E-state index >= 15 is 0 Å². The van der Waals surface area contributed by atoms with E-state index in [-0.39, 0.29) is 36.8 Å². The molecule has 9 heteroatoms. The average Bonchev–Trinajstić information content (AvgIpc) is 3.25. The van der Waals surface area contributed by atoms with Gasteiger partial charge in [-0.3, -0.25) is 19.4 Å². The highest BCUT2D eigenvalue weighted by Crippen LogP contribution is 2.22. The molecule has 0 unspecified atom stereocenters. The van der Waals surface area contributed by atoms with E-state index in [1.54, 1.807) is 62.8 Å². The number of amides is 2. The van der Waals surface area contributed by atoms with E-state index in [4.69, 9.17) is 9.47 Å². The van der Waals surface area contributed by atoms with E-state index in [1.165, 1.54) is 9.80 Å². The number of ether oxygens (including phenoxy) is 2. The first kappa shape index (κ1) is 22.9. The van der Waals surface area contributed by atoms with Crippen LogP contribution in [0.5, 0.6) is 11.5 Å². The first-order valence-corrected chi connectivity index (χ1v) is 10.7. The normalized spacial score (nSPS) is 13.1. The van der Waals surface area contributed by atoms with Crippen LogP contribution in [0.3, 0.4) is 0 Å². The number of hydrogen-bond acceptors (Lipinski definition) is 7. The molecule has 0 radical (unpaired) electrons. The number of hydrogen-bond donors (Lipinski definition) is 0. The van der Waals surface area contributed by atoms with Gasteiger partial charge in [0.05, 0.1) is 14.2 Å². The standard InChI is InChI=1S/C25H25N5O4/c1-16-15-17(2)27-24(26-16)28-25-29(22(31)18-5-9-20(33-3)10-6-18)13-14-30(25)23(32)19-7-11-21(34-4)12-8-19/h5-12,15H,13-14H2,1-4H3. The topological polar surface area (TPSA) is 97.2 Å². The van der Waals surface area contributed by atoms with Crippen LogP contribution in [0.25, 0.3) is 0 Å². The molecular weight excluding hydrogens is 434 g/mol. The Morgan fingerprint density at radius 1 is 0.765 bits per heavy atom. The summed E-state index contributed by atoms with van der Waals surface area (Å²) in [4.78, 5) is 43.0. The summed E-state index contributed by atoms with van der Waals surface area (Å²) in [7, 11) is 3.13. The number of carbonyl (C=O) groups excluding carboxylic acids is 2. The van der Waals surface area contributed by atoms with E-state index in [1.807, 2.05) is 19.9 Å². The van der Waals surface area contributed by atoms with Crippen molar-refractivity contribution in [1.82, 2.24) is 19.8 Å². The summed E-state index contributed by atoms with van der Waals surface area (Å²) in [6.07, 6.45) is 0. The summed E-state index contributed by atoms with van der Waals surface area (Å²) >= 11 is 0. The lowest BCUT2D eigenvalue weighted by molar-refractivity contribution is 0.0853. The number of aryl methyl sites for hydroxylation is 2. The van der Waals surface area contributed by atoms with Crippen molar-refractivity contribution in [2.75, 3.05) is 27.3 Å². The van der Waals surface area contributed by atoms with Gasteiger partial charge in [0.1, 0.15) is 11.5 Å². The molecule has 1 aliphatic heterocycles. The quantitative estimate of drug-likeness (QED) is 0.580. The molecule has 3 aromatic rings. The molecule has 1 aromatic heterocycles.